The van der Waals surface area contributed by atoms with Gasteiger partial charge in [-0.3, -0.25) is 0 Å². The molecule has 0 unspecified atom stereocenters. The lowest BCUT2D eigenvalue weighted by Crippen LogP contribution is -2.12. The summed E-state index contributed by atoms with van der Waals surface area (Å²) in [7, 11) is 0. The van der Waals surface area contributed by atoms with Crippen LogP contribution in [0.25, 0.3) is 0 Å². The van der Waals surface area contributed by atoms with Crippen molar-refractivity contribution in [3.05, 3.63) is 40.4 Å². The van der Waals surface area contributed by atoms with Gasteiger partial charge in [0.05, 0.1) is 5.69 Å². The number of hydrogen-bond acceptors (Lipinski definition) is 4. The van der Waals surface area contributed by atoms with Crippen LogP contribution in [0.1, 0.15) is 16.0 Å². The number of nitrogens with two attached hydrogens (primary N) is 1. The fraction of sp³-hybridized carbons (Fsp3) is 0.167. The molecular formula is C12H13N3S2. The maximum Gasteiger partial charge on any atom is 0.187 e. The van der Waals surface area contributed by atoms with E-state index < -0.39 is 0 Å². The van der Waals surface area contributed by atoms with Crippen molar-refractivity contribution in [3.8, 4) is 0 Å². The quantitative estimate of drug-likeness (QED) is 0.835. The summed E-state index contributed by atoms with van der Waals surface area (Å²) in [4.78, 5) is 5.83. The number of thiocarbonyl (C=S) groups is 1. The number of nitrogens with one attached hydrogen (secondary N) is 1. The molecule has 17 heavy (non-hydrogen) atoms. The Hall–Kier alpha value is -1.46. The highest BCUT2D eigenvalue weighted by molar-refractivity contribution is 7.80. The number of thiazole rings is 1. The average molecular weight is 263 g/mol. The fourth-order valence-electron chi connectivity index (χ4n) is 1.56. The SMILES string of the molecule is Cc1cnc(Nc2c(C)cccc2C(N)=S)s1. The van der Waals surface area contributed by atoms with Crippen LogP contribution < -0.4 is 11.1 Å². The van der Waals surface area contributed by atoms with Gasteiger partial charge in [-0.25, -0.2) is 4.98 Å². The molecule has 0 spiro atoms. The van der Waals surface area contributed by atoms with E-state index in [2.05, 4.69) is 10.3 Å². The minimum Gasteiger partial charge on any atom is -0.389 e. The Bertz CT molecular complexity index is 561. The summed E-state index contributed by atoms with van der Waals surface area (Å²) >= 11 is 6.66. The standard InChI is InChI=1S/C12H13N3S2/c1-7-4-3-5-9(11(13)16)10(7)15-12-14-6-8(2)17-12/h3-6H,1-2H3,(H2,13,16)(H,14,15). The molecule has 0 saturated heterocycles. The van der Waals surface area contributed by atoms with E-state index in [0.717, 1.165) is 26.8 Å². The Labute approximate surface area is 110 Å². The van der Waals surface area contributed by atoms with Gasteiger partial charge in [0.2, 0.25) is 0 Å². The highest BCUT2D eigenvalue weighted by Crippen LogP contribution is 2.27. The van der Waals surface area contributed by atoms with Crippen molar-refractivity contribution < 1.29 is 0 Å². The summed E-state index contributed by atoms with van der Waals surface area (Å²) in [6, 6.07) is 5.88. The zero-order valence-corrected chi connectivity index (χ0v) is 11.3. The molecule has 1 heterocycles. The molecule has 88 valence electrons. The molecule has 1 aromatic carbocycles. The first kappa shape index (κ1) is 12.0. The Morgan fingerprint density at radius 3 is 2.76 bits per heavy atom. The van der Waals surface area contributed by atoms with Gasteiger partial charge >= 0.3 is 0 Å². The minimum atomic E-state index is 0.393. The molecule has 0 aliphatic rings. The molecule has 0 fully saturated rings. The largest absolute Gasteiger partial charge is 0.389 e. The van der Waals surface area contributed by atoms with Crippen molar-refractivity contribution in [1.82, 2.24) is 4.98 Å². The fourth-order valence-corrected chi connectivity index (χ4v) is 2.40. The van der Waals surface area contributed by atoms with Gasteiger partial charge in [-0.05, 0) is 25.5 Å². The van der Waals surface area contributed by atoms with Gasteiger partial charge in [0.1, 0.15) is 4.99 Å². The van der Waals surface area contributed by atoms with Crippen molar-refractivity contribution in [2.24, 2.45) is 5.73 Å². The monoisotopic (exact) mass is 263 g/mol. The molecular weight excluding hydrogens is 250 g/mol. The Morgan fingerprint density at radius 2 is 2.18 bits per heavy atom. The molecule has 2 aromatic rings. The van der Waals surface area contributed by atoms with Gasteiger partial charge < -0.3 is 11.1 Å². The number of aryl methyl sites for hydroxylation is 2. The summed E-state index contributed by atoms with van der Waals surface area (Å²) in [6.45, 7) is 4.04. The highest BCUT2D eigenvalue weighted by Gasteiger charge is 2.09. The normalized spacial score (nSPS) is 10.2. The number of para-hydroxylation sites is 1. The van der Waals surface area contributed by atoms with E-state index in [1.165, 1.54) is 0 Å². The molecule has 5 heteroatoms. The van der Waals surface area contributed by atoms with Crippen LogP contribution >= 0.6 is 23.6 Å². The molecule has 0 atom stereocenters. The second kappa shape index (κ2) is 4.81. The van der Waals surface area contributed by atoms with E-state index in [1.807, 2.05) is 38.2 Å². The number of benzene rings is 1. The second-order valence-electron chi connectivity index (χ2n) is 3.76. The first-order chi connectivity index (χ1) is 8.08. The minimum absolute atomic E-state index is 0.393. The van der Waals surface area contributed by atoms with Gasteiger partial charge in [-0.1, -0.05) is 24.4 Å². The van der Waals surface area contributed by atoms with E-state index in [1.54, 1.807) is 11.3 Å². The molecule has 0 saturated carbocycles. The first-order valence-electron chi connectivity index (χ1n) is 5.17. The number of anilines is 2. The van der Waals surface area contributed by atoms with Crippen molar-refractivity contribution >= 4 is 39.4 Å². The third kappa shape index (κ3) is 2.62. The van der Waals surface area contributed by atoms with Gasteiger partial charge in [0.25, 0.3) is 0 Å². The van der Waals surface area contributed by atoms with Crippen LogP contribution in [-0.2, 0) is 0 Å². The summed E-state index contributed by atoms with van der Waals surface area (Å²) in [6.07, 6.45) is 1.84. The summed E-state index contributed by atoms with van der Waals surface area (Å²) in [5.41, 5.74) is 8.61. The third-order valence-electron chi connectivity index (χ3n) is 2.39. The van der Waals surface area contributed by atoms with Crippen LogP contribution in [0.2, 0.25) is 0 Å². The lowest BCUT2D eigenvalue weighted by Gasteiger charge is -2.11. The molecule has 3 N–H and O–H groups in total. The summed E-state index contributed by atoms with van der Waals surface area (Å²) < 4.78 is 0. The van der Waals surface area contributed by atoms with E-state index >= 15 is 0 Å². The molecule has 1 aromatic heterocycles. The van der Waals surface area contributed by atoms with Crippen LogP contribution in [0.4, 0.5) is 10.8 Å². The van der Waals surface area contributed by atoms with E-state index in [0.29, 0.717) is 4.99 Å². The van der Waals surface area contributed by atoms with Crippen LogP contribution in [0.15, 0.2) is 24.4 Å². The molecule has 0 radical (unpaired) electrons. The maximum absolute atomic E-state index is 5.72. The van der Waals surface area contributed by atoms with Crippen molar-refractivity contribution in [2.75, 3.05) is 5.32 Å². The first-order valence-corrected chi connectivity index (χ1v) is 6.39. The topological polar surface area (TPSA) is 50.9 Å². The predicted octanol–water partition coefficient (Wildman–Crippen LogP) is 3.14. The van der Waals surface area contributed by atoms with Crippen LogP contribution in [0.5, 0.6) is 0 Å². The molecule has 0 amide bonds. The van der Waals surface area contributed by atoms with Crippen molar-refractivity contribution in [2.45, 2.75) is 13.8 Å². The second-order valence-corrected chi connectivity index (χ2v) is 5.44. The van der Waals surface area contributed by atoms with Crippen molar-refractivity contribution in [1.29, 1.82) is 0 Å². The predicted molar refractivity (Wildman–Crippen MR) is 77.2 cm³/mol. The Kier molecular flexibility index (Phi) is 3.40. The number of hydrogen-bond donors (Lipinski definition) is 2. The van der Waals surface area contributed by atoms with Gasteiger partial charge in [0, 0.05) is 16.6 Å². The number of nitrogens with zero attached hydrogens (tertiary/aromatic N) is 1. The van der Waals surface area contributed by atoms with Crippen LogP contribution in [0.3, 0.4) is 0 Å². The van der Waals surface area contributed by atoms with Crippen LogP contribution in [-0.4, -0.2) is 9.97 Å². The van der Waals surface area contributed by atoms with Gasteiger partial charge in [0.15, 0.2) is 5.13 Å². The smallest absolute Gasteiger partial charge is 0.187 e. The summed E-state index contributed by atoms with van der Waals surface area (Å²) in [5, 5.41) is 4.14. The van der Waals surface area contributed by atoms with Crippen LogP contribution in [0, 0.1) is 13.8 Å². The molecule has 2 rings (SSSR count). The molecule has 0 aliphatic carbocycles. The van der Waals surface area contributed by atoms with Gasteiger partial charge in [-0.2, -0.15) is 0 Å². The third-order valence-corrected chi connectivity index (χ3v) is 3.44. The molecule has 3 nitrogen and oxygen atoms in total. The molecule has 0 aliphatic heterocycles. The van der Waals surface area contributed by atoms with Gasteiger partial charge in [-0.15, -0.1) is 11.3 Å². The lowest BCUT2D eigenvalue weighted by atomic mass is 10.1. The zero-order valence-electron chi connectivity index (χ0n) is 9.65. The summed E-state index contributed by atoms with van der Waals surface area (Å²) in [5.74, 6) is 0. The Balaban J connectivity index is 2.40. The maximum atomic E-state index is 5.72. The number of rotatable bonds is 3. The van der Waals surface area contributed by atoms with E-state index in [9.17, 15) is 0 Å². The Morgan fingerprint density at radius 1 is 1.41 bits per heavy atom. The highest BCUT2D eigenvalue weighted by atomic mass is 32.1. The van der Waals surface area contributed by atoms with E-state index in [4.69, 9.17) is 18.0 Å². The molecule has 0 bridgehead atoms. The van der Waals surface area contributed by atoms with E-state index in [-0.39, 0.29) is 0 Å². The average Bonchev–Trinajstić information content (AvgIpc) is 2.67. The number of aromatic nitrogens is 1. The lowest BCUT2D eigenvalue weighted by molar-refractivity contribution is 1.34. The van der Waals surface area contributed by atoms with Crippen molar-refractivity contribution in [3.63, 3.8) is 0 Å². The zero-order chi connectivity index (χ0) is 12.4.